The van der Waals surface area contributed by atoms with E-state index < -0.39 is 0 Å². The van der Waals surface area contributed by atoms with Crippen LogP contribution in [0.15, 0.2) is 30.3 Å². The SMILES string of the molecule is CCc1nc2sc([C@H](c3ccccc3)N3CCCCC3)c(O)n2n1. The van der Waals surface area contributed by atoms with Crippen LogP contribution in [0.1, 0.15) is 48.5 Å². The summed E-state index contributed by atoms with van der Waals surface area (Å²) in [5.41, 5.74) is 1.22. The summed E-state index contributed by atoms with van der Waals surface area (Å²) in [6.07, 6.45) is 4.49. The van der Waals surface area contributed by atoms with E-state index in [2.05, 4.69) is 39.2 Å². The van der Waals surface area contributed by atoms with E-state index >= 15 is 0 Å². The zero-order chi connectivity index (χ0) is 16.5. The normalized spacial score (nSPS) is 17.4. The smallest absolute Gasteiger partial charge is 0.230 e. The fourth-order valence-electron chi connectivity index (χ4n) is 3.46. The van der Waals surface area contributed by atoms with Gasteiger partial charge in [-0.1, -0.05) is 55.0 Å². The number of nitrogens with zero attached hydrogens (tertiary/aromatic N) is 4. The molecule has 2 aromatic heterocycles. The molecule has 0 saturated carbocycles. The Labute approximate surface area is 145 Å². The third-order valence-corrected chi connectivity index (χ3v) is 5.75. The average Bonchev–Trinajstić information content (AvgIpc) is 3.17. The van der Waals surface area contributed by atoms with Crippen LogP contribution in [-0.4, -0.2) is 37.7 Å². The van der Waals surface area contributed by atoms with Crippen LogP contribution >= 0.6 is 11.3 Å². The van der Waals surface area contributed by atoms with Gasteiger partial charge in [0.05, 0.1) is 10.9 Å². The predicted molar refractivity (Wildman–Crippen MR) is 95.6 cm³/mol. The second-order valence-electron chi connectivity index (χ2n) is 6.28. The van der Waals surface area contributed by atoms with Crippen molar-refractivity contribution in [3.05, 3.63) is 46.6 Å². The first-order valence-electron chi connectivity index (χ1n) is 8.64. The van der Waals surface area contributed by atoms with Crippen LogP contribution < -0.4 is 0 Å². The molecule has 1 saturated heterocycles. The third kappa shape index (κ3) is 2.70. The molecule has 0 spiro atoms. The Bertz CT molecular complexity index is 820. The van der Waals surface area contributed by atoms with Gasteiger partial charge in [-0.25, -0.2) is 4.98 Å². The molecule has 126 valence electrons. The van der Waals surface area contributed by atoms with Gasteiger partial charge in [0.1, 0.15) is 0 Å². The number of hydrogen-bond donors (Lipinski definition) is 1. The number of aromatic hydroxyl groups is 1. The minimum absolute atomic E-state index is 0.0741. The van der Waals surface area contributed by atoms with E-state index in [1.54, 1.807) is 15.9 Å². The Balaban J connectivity index is 1.80. The van der Waals surface area contributed by atoms with Crippen molar-refractivity contribution in [1.29, 1.82) is 0 Å². The van der Waals surface area contributed by atoms with E-state index in [1.165, 1.54) is 24.8 Å². The highest BCUT2D eigenvalue weighted by molar-refractivity contribution is 7.17. The number of piperidine rings is 1. The lowest BCUT2D eigenvalue weighted by molar-refractivity contribution is 0.186. The van der Waals surface area contributed by atoms with E-state index in [-0.39, 0.29) is 11.9 Å². The van der Waals surface area contributed by atoms with Crippen LogP contribution in [0.3, 0.4) is 0 Å². The molecule has 1 atom stereocenters. The van der Waals surface area contributed by atoms with Gasteiger partial charge in [0.25, 0.3) is 0 Å². The lowest BCUT2D eigenvalue weighted by Gasteiger charge is -2.34. The minimum Gasteiger partial charge on any atom is -0.492 e. The average molecular weight is 342 g/mol. The van der Waals surface area contributed by atoms with Crippen LogP contribution in [0.5, 0.6) is 5.88 Å². The highest BCUT2D eigenvalue weighted by Crippen LogP contribution is 2.40. The Hall–Kier alpha value is -1.92. The number of fused-ring (bicyclic) bond motifs is 1. The van der Waals surface area contributed by atoms with Gasteiger partial charge in [-0.2, -0.15) is 4.52 Å². The van der Waals surface area contributed by atoms with E-state index in [4.69, 9.17) is 0 Å². The molecule has 0 bridgehead atoms. The molecular weight excluding hydrogens is 320 g/mol. The number of hydrogen-bond acceptors (Lipinski definition) is 5. The fraction of sp³-hybridized carbons (Fsp3) is 0.444. The van der Waals surface area contributed by atoms with E-state index in [9.17, 15) is 5.11 Å². The third-order valence-electron chi connectivity index (χ3n) is 4.68. The van der Waals surface area contributed by atoms with Gasteiger partial charge in [-0.15, -0.1) is 5.10 Å². The Kier molecular flexibility index (Phi) is 4.24. The van der Waals surface area contributed by atoms with E-state index in [0.29, 0.717) is 0 Å². The number of rotatable bonds is 4. The van der Waals surface area contributed by atoms with Crippen molar-refractivity contribution >= 4 is 16.3 Å². The van der Waals surface area contributed by atoms with Gasteiger partial charge < -0.3 is 5.11 Å². The maximum Gasteiger partial charge on any atom is 0.230 e. The van der Waals surface area contributed by atoms with Crippen LogP contribution in [0.2, 0.25) is 0 Å². The van der Waals surface area contributed by atoms with Gasteiger partial charge in [-0.3, -0.25) is 4.90 Å². The summed E-state index contributed by atoms with van der Waals surface area (Å²) in [7, 11) is 0. The molecule has 24 heavy (non-hydrogen) atoms. The quantitative estimate of drug-likeness (QED) is 0.786. The van der Waals surface area contributed by atoms with Crippen molar-refractivity contribution in [3.8, 4) is 5.88 Å². The molecule has 0 unspecified atom stereocenters. The molecule has 0 aliphatic carbocycles. The number of likely N-dealkylation sites (tertiary alicyclic amines) is 1. The summed E-state index contributed by atoms with van der Waals surface area (Å²) in [4.78, 5) is 8.72. The lowest BCUT2D eigenvalue weighted by Crippen LogP contribution is -2.34. The first-order chi connectivity index (χ1) is 11.8. The van der Waals surface area contributed by atoms with Crippen molar-refractivity contribution in [2.24, 2.45) is 0 Å². The fourth-order valence-corrected chi connectivity index (χ4v) is 4.59. The molecular formula is C18H22N4OS. The van der Waals surface area contributed by atoms with Crippen molar-refractivity contribution in [2.45, 2.75) is 38.6 Å². The molecule has 6 heteroatoms. The summed E-state index contributed by atoms with van der Waals surface area (Å²) in [6.45, 7) is 4.15. The largest absolute Gasteiger partial charge is 0.492 e. The van der Waals surface area contributed by atoms with E-state index in [0.717, 1.165) is 35.2 Å². The Morgan fingerprint density at radius 1 is 1.17 bits per heavy atom. The van der Waals surface area contributed by atoms with Crippen LogP contribution in [0, 0.1) is 0 Å². The summed E-state index contributed by atoms with van der Waals surface area (Å²) in [6, 6.07) is 10.5. The van der Waals surface area contributed by atoms with Gasteiger partial charge in [-0.05, 0) is 31.5 Å². The van der Waals surface area contributed by atoms with E-state index in [1.807, 2.05) is 13.0 Å². The molecule has 5 nitrogen and oxygen atoms in total. The van der Waals surface area contributed by atoms with Crippen molar-refractivity contribution in [2.75, 3.05) is 13.1 Å². The lowest BCUT2D eigenvalue weighted by atomic mass is 10.0. The summed E-state index contributed by atoms with van der Waals surface area (Å²) in [5, 5.41) is 15.2. The molecule has 3 heterocycles. The number of aromatic nitrogens is 3. The first kappa shape index (κ1) is 15.6. The highest BCUT2D eigenvalue weighted by Gasteiger charge is 2.30. The second kappa shape index (κ2) is 6.53. The zero-order valence-electron chi connectivity index (χ0n) is 13.9. The zero-order valence-corrected chi connectivity index (χ0v) is 14.7. The maximum atomic E-state index is 10.8. The van der Waals surface area contributed by atoms with Gasteiger partial charge >= 0.3 is 0 Å². The molecule has 0 radical (unpaired) electrons. The standard InChI is InChI=1S/C18H22N4OS/c1-2-14-19-18-22(20-14)17(23)16(24-18)15(13-9-5-3-6-10-13)21-11-7-4-8-12-21/h3,5-6,9-10,15,23H,2,4,7-8,11-12H2,1H3/t15-/m0/s1. The van der Waals surface area contributed by atoms with Crippen LogP contribution in [0.4, 0.5) is 0 Å². The summed E-state index contributed by atoms with van der Waals surface area (Å²) >= 11 is 1.55. The summed E-state index contributed by atoms with van der Waals surface area (Å²) < 4.78 is 1.60. The minimum atomic E-state index is 0.0741. The molecule has 3 aromatic rings. The van der Waals surface area contributed by atoms with Gasteiger partial charge in [0, 0.05) is 6.42 Å². The van der Waals surface area contributed by atoms with Crippen LogP contribution in [0.25, 0.3) is 4.96 Å². The van der Waals surface area contributed by atoms with Crippen LogP contribution in [-0.2, 0) is 6.42 Å². The molecule has 1 fully saturated rings. The number of benzene rings is 1. The number of thiazole rings is 1. The molecule has 0 amide bonds. The Morgan fingerprint density at radius 2 is 1.92 bits per heavy atom. The second-order valence-corrected chi connectivity index (χ2v) is 7.28. The molecule has 1 aliphatic heterocycles. The van der Waals surface area contributed by atoms with Crippen molar-refractivity contribution in [3.63, 3.8) is 0 Å². The maximum absolute atomic E-state index is 10.8. The summed E-state index contributed by atoms with van der Waals surface area (Å²) in [5.74, 6) is 1.01. The highest BCUT2D eigenvalue weighted by atomic mass is 32.1. The molecule has 1 N–H and O–H groups in total. The monoisotopic (exact) mass is 342 g/mol. The topological polar surface area (TPSA) is 53.7 Å². The van der Waals surface area contributed by atoms with Gasteiger partial charge in [0.15, 0.2) is 5.82 Å². The molecule has 1 aliphatic rings. The molecule has 4 rings (SSSR count). The van der Waals surface area contributed by atoms with Crippen molar-refractivity contribution in [1.82, 2.24) is 19.5 Å². The predicted octanol–water partition coefficient (Wildman–Crippen LogP) is 3.63. The van der Waals surface area contributed by atoms with Gasteiger partial charge in [0.2, 0.25) is 10.8 Å². The number of aryl methyl sites for hydroxylation is 1. The Morgan fingerprint density at radius 3 is 2.58 bits per heavy atom. The molecule has 1 aromatic carbocycles. The van der Waals surface area contributed by atoms with Crippen molar-refractivity contribution < 1.29 is 5.11 Å². The first-order valence-corrected chi connectivity index (χ1v) is 9.46.